The molecule has 2 amide bonds. The Morgan fingerprint density at radius 1 is 1.06 bits per heavy atom. The van der Waals surface area contributed by atoms with Gasteiger partial charge < -0.3 is 10.1 Å². The maximum absolute atomic E-state index is 14.3. The van der Waals surface area contributed by atoms with Gasteiger partial charge in [-0.3, -0.25) is 9.59 Å². The van der Waals surface area contributed by atoms with Crippen LogP contribution in [-0.4, -0.2) is 23.4 Å². The molecule has 0 heterocycles. The van der Waals surface area contributed by atoms with E-state index in [0.29, 0.717) is 18.5 Å². The van der Waals surface area contributed by atoms with Crippen LogP contribution in [0.3, 0.4) is 0 Å². The summed E-state index contributed by atoms with van der Waals surface area (Å²) < 4.78 is 34.2. The normalized spacial score (nSPS) is 13.1. The zero-order chi connectivity index (χ0) is 24.6. The molecule has 2 rings (SSSR count). The van der Waals surface area contributed by atoms with Crippen molar-refractivity contribution in [2.45, 2.75) is 52.9 Å². The zero-order valence-corrected chi connectivity index (χ0v) is 19.6. The summed E-state index contributed by atoms with van der Waals surface area (Å²) in [6, 6.07) is 12.0. The number of halogens is 2. The van der Waals surface area contributed by atoms with Gasteiger partial charge in [0.15, 0.2) is 5.72 Å². The maximum Gasteiger partial charge on any atom is 0.241 e. The van der Waals surface area contributed by atoms with Crippen LogP contribution in [0.25, 0.3) is 0 Å². The van der Waals surface area contributed by atoms with Crippen molar-refractivity contribution in [1.29, 1.82) is 0 Å². The van der Waals surface area contributed by atoms with Crippen molar-refractivity contribution in [2.75, 3.05) is 6.54 Å². The van der Waals surface area contributed by atoms with E-state index >= 15 is 0 Å². The molecule has 0 fully saturated rings. The average Bonchev–Trinajstić information content (AvgIpc) is 2.80. The van der Waals surface area contributed by atoms with E-state index in [1.807, 2.05) is 6.07 Å². The van der Waals surface area contributed by atoms with Crippen LogP contribution in [0.2, 0.25) is 0 Å². The number of carbonyl (C=O) groups is 2. The Hall–Kier alpha value is -2.84. The third-order valence-electron chi connectivity index (χ3n) is 5.34. The highest BCUT2D eigenvalue weighted by Crippen LogP contribution is 2.35. The Bertz CT molecular complexity index is 938. The van der Waals surface area contributed by atoms with Crippen molar-refractivity contribution < 1.29 is 23.1 Å². The summed E-state index contributed by atoms with van der Waals surface area (Å²) in [5.74, 6) is 4.09. The molecule has 8 heteroatoms. The SMILES string of the molecule is CC(C)C(=O)NCCCC(OCc1cc(F)ccc1F)(c1ccccc1)N(N)C(=O)C(C)C. The first-order chi connectivity index (χ1) is 15.6. The van der Waals surface area contributed by atoms with Crippen LogP contribution < -0.4 is 11.2 Å². The van der Waals surface area contributed by atoms with Crippen LogP contribution in [0.15, 0.2) is 48.5 Å². The fourth-order valence-electron chi connectivity index (χ4n) is 3.38. The minimum atomic E-state index is -1.45. The molecule has 1 unspecified atom stereocenters. The number of hydrogen-bond acceptors (Lipinski definition) is 4. The van der Waals surface area contributed by atoms with E-state index in [1.165, 1.54) is 0 Å². The molecule has 1 atom stereocenters. The lowest BCUT2D eigenvalue weighted by Gasteiger charge is -2.42. The van der Waals surface area contributed by atoms with Gasteiger partial charge in [-0.05, 0) is 24.6 Å². The lowest BCUT2D eigenvalue weighted by atomic mass is 9.95. The van der Waals surface area contributed by atoms with Crippen molar-refractivity contribution >= 4 is 11.8 Å². The fourth-order valence-corrected chi connectivity index (χ4v) is 3.38. The smallest absolute Gasteiger partial charge is 0.241 e. The first-order valence-electron chi connectivity index (χ1n) is 11.1. The van der Waals surface area contributed by atoms with E-state index in [1.54, 1.807) is 52.0 Å². The quantitative estimate of drug-likeness (QED) is 0.172. The van der Waals surface area contributed by atoms with Crippen molar-refractivity contribution in [2.24, 2.45) is 17.7 Å². The molecule has 0 saturated heterocycles. The van der Waals surface area contributed by atoms with Crippen LogP contribution in [0.1, 0.15) is 51.7 Å². The van der Waals surface area contributed by atoms with Gasteiger partial charge in [0.2, 0.25) is 11.8 Å². The number of hydrogen-bond donors (Lipinski definition) is 2. The minimum Gasteiger partial charge on any atom is -0.356 e. The van der Waals surface area contributed by atoms with Crippen molar-refractivity contribution in [3.8, 4) is 0 Å². The number of amides is 2. The van der Waals surface area contributed by atoms with Crippen LogP contribution in [0.5, 0.6) is 0 Å². The third-order valence-corrected chi connectivity index (χ3v) is 5.34. The monoisotopic (exact) mass is 461 g/mol. The standard InChI is InChI=1S/C25H33F2N3O3/c1-17(2)23(31)29-14-8-13-25(20-9-6-5-7-10-20,30(28)24(32)18(3)4)33-16-19-15-21(26)11-12-22(19)27/h5-7,9-12,15,17-18H,8,13-14,16,28H2,1-4H3,(H,29,31). The predicted molar refractivity (Wildman–Crippen MR) is 122 cm³/mol. The molecule has 2 aromatic rings. The van der Waals surface area contributed by atoms with E-state index in [9.17, 15) is 18.4 Å². The van der Waals surface area contributed by atoms with Crippen LogP contribution in [-0.2, 0) is 26.7 Å². The lowest BCUT2D eigenvalue weighted by Crippen LogP contribution is -2.56. The number of nitrogens with one attached hydrogen (secondary N) is 1. The summed E-state index contributed by atoms with van der Waals surface area (Å²) in [6.45, 7) is 7.05. The van der Waals surface area contributed by atoms with E-state index in [4.69, 9.17) is 10.6 Å². The highest BCUT2D eigenvalue weighted by molar-refractivity contribution is 5.78. The van der Waals surface area contributed by atoms with Gasteiger partial charge in [-0.1, -0.05) is 58.0 Å². The highest BCUT2D eigenvalue weighted by Gasteiger charge is 2.42. The van der Waals surface area contributed by atoms with E-state index in [2.05, 4.69) is 5.32 Å². The van der Waals surface area contributed by atoms with Crippen molar-refractivity contribution in [3.05, 3.63) is 71.3 Å². The van der Waals surface area contributed by atoms with Crippen molar-refractivity contribution in [1.82, 2.24) is 10.3 Å². The molecular formula is C25H33F2N3O3. The number of carbonyl (C=O) groups excluding carboxylic acids is 2. The molecule has 0 aliphatic heterocycles. The summed E-state index contributed by atoms with van der Waals surface area (Å²) in [7, 11) is 0. The minimum absolute atomic E-state index is 0.00816. The summed E-state index contributed by atoms with van der Waals surface area (Å²) in [5, 5.41) is 3.88. The third kappa shape index (κ3) is 6.82. The molecule has 2 aromatic carbocycles. The van der Waals surface area contributed by atoms with Gasteiger partial charge in [-0.25, -0.2) is 19.6 Å². The van der Waals surface area contributed by atoms with Gasteiger partial charge in [0, 0.05) is 35.9 Å². The molecule has 3 N–H and O–H groups in total. The van der Waals surface area contributed by atoms with E-state index < -0.39 is 23.3 Å². The average molecular weight is 462 g/mol. The Morgan fingerprint density at radius 3 is 2.33 bits per heavy atom. The number of hydrazine groups is 1. The topological polar surface area (TPSA) is 84.7 Å². The maximum atomic E-state index is 14.3. The second-order valence-electron chi connectivity index (χ2n) is 8.59. The van der Waals surface area contributed by atoms with Gasteiger partial charge in [-0.15, -0.1) is 0 Å². The molecule has 0 bridgehead atoms. The summed E-state index contributed by atoms with van der Waals surface area (Å²) >= 11 is 0. The Morgan fingerprint density at radius 2 is 1.73 bits per heavy atom. The molecule has 0 spiro atoms. The van der Waals surface area contributed by atoms with Crippen LogP contribution in [0, 0.1) is 23.5 Å². The molecule has 33 heavy (non-hydrogen) atoms. The second kappa shape index (κ2) is 11.9. The number of nitrogens with two attached hydrogens (primary N) is 1. The fraction of sp³-hybridized carbons (Fsp3) is 0.440. The highest BCUT2D eigenvalue weighted by atomic mass is 19.1. The number of nitrogens with zero attached hydrogens (tertiary/aromatic N) is 1. The molecular weight excluding hydrogens is 428 g/mol. The first-order valence-corrected chi connectivity index (χ1v) is 11.1. The van der Waals surface area contributed by atoms with E-state index in [-0.39, 0.29) is 36.3 Å². The Kier molecular flexibility index (Phi) is 9.49. The molecule has 0 saturated carbocycles. The Labute approximate surface area is 194 Å². The summed E-state index contributed by atoms with van der Waals surface area (Å²) in [5.41, 5.74) is -0.855. The molecule has 0 radical (unpaired) electrons. The lowest BCUT2D eigenvalue weighted by molar-refractivity contribution is -0.195. The summed E-state index contributed by atoms with van der Waals surface area (Å²) in [6.07, 6.45) is 0.652. The van der Waals surface area contributed by atoms with Crippen LogP contribution >= 0.6 is 0 Å². The van der Waals surface area contributed by atoms with Crippen molar-refractivity contribution in [3.63, 3.8) is 0 Å². The molecule has 0 aliphatic rings. The molecule has 0 aromatic heterocycles. The zero-order valence-electron chi connectivity index (χ0n) is 19.6. The number of rotatable bonds is 11. The largest absolute Gasteiger partial charge is 0.356 e. The van der Waals surface area contributed by atoms with E-state index in [0.717, 1.165) is 23.2 Å². The number of benzene rings is 2. The first kappa shape index (κ1) is 26.4. The Balaban J connectivity index is 2.41. The van der Waals surface area contributed by atoms with Gasteiger partial charge in [-0.2, -0.15) is 0 Å². The van der Waals surface area contributed by atoms with Gasteiger partial charge in [0.05, 0.1) is 6.61 Å². The second-order valence-corrected chi connectivity index (χ2v) is 8.59. The summed E-state index contributed by atoms with van der Waals surface area (Å²) in [4.78, 5) is 24.9. The molecule has 6 nitrogen and oxygen atoms in total. The van der Waals surface area contributed by atoms with Gasteiger partial charge in [0.1, 0.15) is 11.6 Å². The van der Waals surface area contributed by atoms with Gasteiger partial charge in [0.25, 0.3) is 0 Å². The molecule has 0 aliphatic carbocycles. The molecule has 180 valence electrons. The van der Waals surface area contributed by atoms with Crippen LogP contribution in [0.4, 0.5) is 8.78 Å². The van der Waals surface area contributed by atoms with Gasteiger partial charge >= 0.3 is 0 Å². The number of ether oxygens (including phenoxy) is 1. The predicted octanol–water partition coefficient (Wildman–Crippen LogP) is 4.25.